The molecular weight excluding hydrogens is 252 g/mol. The normalized spacial score (nSPS) is 9.85. The zero-order valence-corrected chi connectivity index (χ0v) is 11.5. The van der Waals surface area contributed by atoms with Crippen molar-refractivity contribution in [2.24, 2.45) is 0 Å². The number of aryl methyl sites for hydroxylation is 1. The van der Waals surface area contributed by atoms with Gasteiger partial charge in [-0.15, -0.1) is 0 Å². The van der Waals surface area contributed by atoms with Crippen molar-refractivity contribution in [2.75, 3.05) is 23.8 Å². The van der Waals surface area contributed by atoms with Crippen molar-refractivity contribution in [3.63, 3.8) is 0 Å². The molecule has 6 heteroatoms. The van der Waals surface area contributed by atoms with Gasteiger partial charge in [0.1, 0.15) is 24.0 Å². The number of hydrogen-bond donors (Lipinski definition) is 1. The molecule has 0 aliphatic heterocycles. The average Bonchev–Trinajstić information content (AvgIpc) is 2.46. The highest BCUT2D eigenvalue weighted by atomic mass is 15.2. The van der Waals surface area contributed by atoms with Gasteiger partial charge in [-0.2, -0.15) is 5.26 Å². The Labute approximate surface area is 118 Å². The van der Waals surface area contributed by atoms with Crippen molar-refractivity contribution in [1.82, 2.24) is 15.0 Å². The summed E-state index contributed by atoms with van der Waals surface area (Å²) in [6.07, 6.45) is 3.55. The van der Waals surface area contributed by atoms with Gasteiger partial charge < -0.3 is 10.2 Å². The van der Waals surface area contributed by atoms with Crippen LogP contribution in [0.25, 0.3) is 0 Å². The molecule has 0 atom stereocenters. The van der Waals surface area contributed by atoms with Gasteiger partial charge in [0.05, 0.1) is 6.07 Å². The van der Waals surface area contributed by atoms with E-state index in [1.54, 1.807) is 11.1 Å². The van der Waals surface area contributed by atoms with Crippen LogP contribution in [0, 0.1) is 18.3 Å². The highest BCUT2D eigenvalue weighted by molar-refractivity contribution is 5.49. The monoisotopic (exact) mass is 268 g/mol. The van der Waals surface area contributed by atoms with E-state index < -0.39 is 0 Å². The first-order valence-electron chi connectivity index (χ1n) is 6.25. The van der Waals surface area contributed by atoms with Crippen LogP contribution < -0.4 is 10.2 Å². The summed E-state index contributed by atoms with van der Waals surface area (Å²) in [5.41, 5.74) is 1.08. The van der Waals surface area contributed by atoms with Crippen LogP contribution in [-0.2, 0) is 6.54 Å². The zero-order chi connectivity index (χ0) is 14.4. The van der Waals surface area contributed by atoms with E-state index in [0.717, 1.165) is 17.2 Å². The van der Waals surface area contributed by atoms with Crippen LogP contribution in [0.15, 0.2) is 30.6 Å². The van der Waals surface area contributed by atoms with Gasteiger partial charge in [0.2, 0.25) is 0 Å². The summed E-state index contributed by atoms with van der Waals surface area (Å²) < 4.78 is 0. The lowest BCUT2D eigenvalue weighted by Gasteiger charge is -2.16. The van der Waals surface area contributed by atoms with E-state index in [1.807, 2.05) is 38.4 Å². The number of nitriles is 1. The van der Waals surface area contributed by atoms with Gasteiger partial charge in [-0.05, 0) is 18.6 Å². The Morgan fingerprint density at radius 3 is 2.95 bits per heavy atom. The molecule has 2 aromatic rings. The number of nitrogens with zero attached hydrogens (tertiary/aromatic N) is 5. The largest absolute Gasteiger partial charge is 0.366 e. The summed E-state index contributed by atoms with van der Waals surface area (Å²) in [5.74, 6) is 2.13. The molecule has 0 unspecified atom stereocenters. The SMILES string of the molecule is Cc1nc(NCc2cccnc2)cc(N(C)CC#N)n1. The first-order valence-corrected chi connectivity index (χ1v) is 6.25. The molecule has 0 aliphatic rings. The van der Waals surface area contributed by atoms with Gasteiger partial charge in [0.15, 0.2) is 0 Å². The van der Waals surface area contributed by atoms with E-state index in [-0.39, 0.29) is 0 Å². The quantitative estimate of drug-likeness (QED) is 0.832. The molecular formula is C14H16N6. The molecule has 0 bridgehead atoms. The van der Waals surface area contributed by atoms with Crippen molar-refractivity contribution in [3.05, 3.63) is 42.0 Å². The van der Waals surface area contributed by atoms with Crippen LogP contribution in [0.3, 0.4) is 0 Å². The van der Waals surface area contributed by atoms with E-state index in [1.165, 1.54) is 0 Å². The first-order chi connectivity index (χ1) is 9.69. The van der Waals surface area contributed by atoms with E-state index in [4.69, 9.17) is 5.26 Å². The molecule has 102 valence electrons. The number of pyridine rings is 1. The fourth-order valence-corrected chi connectivity index (χ4v) is 1.72. The van der Waals surface area contributed by atoms with E-state index in [0.29, 0.717) is 18.9 Å². The molecule has 2 rings (SSSR count). The summed E-state index contributed by atoms with van der Waals surface area (Å²) in [5, 5.41) is 12.0. The molecule has 20 heavy (non-hydrogen) atoms. The van der Waals surface area contributed by atoms with E-state index >= 15 is 0 Å². The Morgan fingerprint density at radius 2 is 2.25 bits per heavy atom. The lowest BCUT2D eigenvalue weighted by molar-refractivity contribution is 0.945. The predicted octanol–water partition coefficient (Wildman–Crippen LogP) is 1.75. The number of aromatic nitrogens is 3. The Morgan fingerprint density at radius 1 is 1.40 bits per heavy atom. The first kappa shape index (κ1) is 13.7. The van der Waals surface area contributed by atoms with Crippen LogP contribution in [0.1, 0.15) is 11.4 Å². The maximum Gasteiger partial charge on any atom is 0.134 e. The predicted molar refractivity (Wildman–Crippen MR) is 77.2 cm³/mol. The van der Waals surface area contributed by atoms with Crippen molar-refractivity contribution in [3.8, 4) is 6.07 Å². The summed E-state index contributed by atoms with van der Waals surface area (Å²) >= 11 is 0. The van der Waals surface area contributed by atoms with Crippen LogP contribution >= 0.6 is 0 Å². The smallest absolute Gasteiger partial charge is 0.134 e. The third kappa shape index (κ3) is 3.65. The minimum Gasteiger partial charge on any atom is -0.366 e. The van der Waals surface area contributed by atoms with Crippen LogP contribution in [0.4, 0.5) is 11.6 Å². The van der Waals surface area contributed by atoms with Crippen molar-refractivity contribution in [2.45, 2.75) is 13.5 Å². The van der Waals surface area contributed by atoms with Gasteiger partial charge in [0.25, 0.3) is 0 Å². The second-order valence-corrected chi connectivity index (χ2v) is 4.39. The topological polar surface area (TPSA) is 77.7 Å². The van der Waals surface area contributed by atoms with Crippen molar-refractivity contribution < 1.29 is 0 Å². The summed E-state index contributed by atoms with van der Waals surface area (Å²) in [6.45, 7) is 2.77. The highest BCUT2D eigenvalue weighted by Crippen LogP contribution is 2.15. The van der Waals surface area contributed by atoms with Crippen LogP contribution in [-0.4, -0.2) is 28.5 Å². The fraction of sp³-hybridized carbons (Fsp3) is 0.286. The molecule has 0 aromatic carbocycles. The van der Waals surface area contributed by atoms with E-state index in [9.17, 15) is 0 Å². The fourth-order valence-electron chi connectivity index (χ4n) is 1.72. The van der Waals surface area contributed by atoms with Gasteiger partial charge >= 0.3 is 0 Å². The number of anilines is 2. The Balaban J connectivity index is 2.10. The minimum absolute atomic E-state index is 0.290. The second kappa shape index (κ2) is 6.48. The van der Waals surface area contributed by atoms with Gasteiger partial charge in [0, 0.05) is 32.1 Å². The second-order valence-electron chi connectivity index (χ2n) is 4.39. The van der Waals surface area contributed by atoms with E-state index in [2.05, 4.69) is 26.3 Å². The molecule has 0 amide bonds. The third-order valence-corrected chi connectivity index (χ3v) is 2.72. The average molecular weight is 268 g/mol. The number of rotatable bonds is 5. The lowest BCUT2D eigenvalue weighted by atomic mass is 10.3. The Hall–Kier alpha value is -2.68. The highest BCUT2D eigenvalue weighted by Gasteiger charge is 2.06. The van der Waals surface area contributed by atoms with Crippen LogP contribution in [0.2, 0.25) is 0 Å². The Kier molecular flexibility index (Phi) is 4.45. The molecule has 2 heterocycles. The number of hydrogen-bond acceptors (Lipinski definition) is 6. The molecule has 2 aromatic heterocycles. The van der Waals surface area contributed by atoms with Gasteiger partial charge in [-0.3, -0.25) is 4.98 Å². The minimum atomic E-state index is 0.290. The maximum atomic E-state index is 8.73. The standard InChI is InChI=1S/C14H16N6/c1-11-18-13(8-14(19-11)20(2)7-5-15)17-10-12-4-3-6-16-9-12/h3-4,6,8-9H,7,10H2,1-2H3,(H,17,18,19). The summed E-state index contributed by atoms with van der Waals surface area (Å²) in [7, 11) is 1.83. The van der Waals surface area contributed by atoms with Crippen LogP contribution in [0.5, 0.6) is 0 Å². The molecule has 0 fully saturated rings. The third-order valence-electron chi connectivity index (χ3n) is 2.72. The Bertz CT molecular complexity index is 605. The molecule has 0 radical (unpaired) electrons. The van der Waals surface area contributed by atoms with Crippen molar-refractivity contribution >= 4 is 11.6 Å². The van der Waals surface area contributed by atoms with Gasteiger partial charge in [-0.1, -0.05) is 6.07 Å². The number of nitrogens with one attached hydrogen (secondary N) is 1. The molecule has 0 spiro atoms. The van der Waals surface area contributed by atoms with Gasteiger partial charge in [-0.25, -0.2) is 9.97 Å². The molecule has 0 aliphatic carbocycles. The molecule has 6 nitrogen and oxygen atoms in total. The molecule has 1 N–H and O–H groups in total. The molecule has 0 saturated heterocycles. The van der Waals surface area contributed by atoms with Crippen molar-refractivity contribution in [1.29, 1.82) is 5.26 Å². The summed E-state index contributed by atoms with van der Waals surface area (Å²) in [4.78, 5) is 14.5. The maximum absolute atomic E-state index is 8.73. The molecule has 0 saturated carbocycles. The zero-order valence-electron chi connectivity index (χ0n) is 11.5. The lowest BCUT2D eigenvalue weighted by Crippen LogP contribution is -2.19. The summed E-state index contributed by atoms with van der Waals surface area (Å²) in [6, 6.07) is 7.83.